The molecule has 1 aliphatic heterocycles. The van der Waals surface area contributed by atoms with Crippen LogP contribution in [0.3, 0.4) is 0 Å². The number of aromatic nitrogens is 1. The second-order valence-corrected chi connectivity index (χ2v) is 9.61. The van der Waals surface area contributed by atoms with Crippen LogP contribution in [-0.4, -0.2) is 57.4 Å². The lowest BCUT2D eigenvalue weighted by Gasteiger charge is -2.40. The Bertz CT molecular complexity index is 897. The van der Waals surface area contributed by atoms with E-state index < -0.39 is 6.04 Å². The van der Waals surface area contributed by atoms with Gasteiger partial charge in [-0.05, 0) is 36.7 Å². The Balaban J connectivity index is 1.38. The molecule has 2 aromatic heterocycles. The maximum Gasteiger partial charge on any atom is 0.248 e. The fourth-order valence-electron chi connectivity index (χ4n) is 4.47. The van der Waals surface area contributed by atoms with E-state index in [0.717, 1.165) is 18.6 Å². The van der Waals surface area contributed by atoms with E-state index >= 15 is 0 Å². The number of carbonyl (C=O) groups excluding carboxylic acids is 2. The predicted octanol–water partition coefficient (Wildman–Crippen LogP) is 3.23. The molecule has 0 spiro atoms. The lowest BCUT2D eigenvalue weighted by atomic mass is 9.84. The molecule has 8 nitrogen and oxygen atoms in total. The molecule has 1 saturated heterocycles. The zero-order valence-corrected chi connectivity index (χ0v) is 19.6. The fraction of sp³-hybridized carbons (Fsp3) is 0.545. The maximum absolute atomic E-state index is 13.2. The normalized spacial score (nSPS) is 18.4. The summed E-state index contributed by atoms with van der Waals surface area (Å²) in [5, 5.41) is 8.97. The molecule has 2 N–H and O–H groups in total. The van der Waals surface area contributed by atoms with E-state index in [1.807, 2.05) is 22.4 Å². The Kier molecular flexibility index (Phi) is 7.75. The van der Waals surface area contributed by atoms with Crippen molar-refractivity contribution in [2.75, 3.05) is 25.0 Å². The van der Waals surface area contributed by atoms with Crippen LogP contribution in [0, 0.1) is 5.92 Å². The summed E-state index contributed by atoms with van der Waals surface area (Å²) in [5.41, 5.74) is 0. The van der Waals surface area contributed by atoms with Crippen LogP contribution < -0.4 is 10.6 Å². The minimum absolute atomic E-state index is 0.0755. The molecule has 1 unspecified atom stereocenters. The molecular formula is C22H29N5O3S2. The van der Waals surface area contributed by atoms with Crippen LogP contribution in [-0.2, 0) is 16.1 Å². The van der Waals surface area contributed by atoms with Crippen molar-refractivity contribution in [1.82, 2.24) is 20.1 Å². The summed E-state index contributed by atoms with van der Waals surface area (Å²) in [6, 6.07) is 3.21. The number of carbonyl (C=O) groups is 2. The first-order valence-electron chi connectivity index (χ1n) is 11.1. The molecule has 0 radical (unpaired) electrons. The second-order valence-electron chi connectivity index (χ2n) is 8.33. The molecule has 3 heterocycles. The number of thiocarbonyl (C=S) groups is 1. The van der Waals surface area contributed by atoms with Crippen LogP contribution in [0.4, 0.5) is 5.13 Å². The van der Waals surface area contributed by atoms with Gasteiger partial charge in [-0.3, -0.25) is 9.59 Å². The molecule has 1 atom stereocenters. The van der Waals surface area contributed by atoms with Gasteiger partial charge in [-0.25, -0.2) is 4.98 Å². The van der Waals surface area contributed by atoms with Gasteiger partial charge in [-0.2, -0.15) is 0 Å². The van der Waals surface area contributed by atoms with Gasteiger partial charge in [0, 0.05) is 24.7 Å². The maximum atomic E-state index is 13.2. The molecule has 172 valence electrons. The second kappa shape index (κ2) is 10.9. The van der Waals surface area contributed by atoms with Crippen LogP contribution >= 0.6 is 23.6 Å². The molecule has 4 rings (SSSR count). The van der Waals surface area contributed by atoms with Crippen molar-refractivity contribution >= 4 is 45.6 Å². The first-order valence-corrected chi connectivity index (χ1v) is 12.4. The van der Waals surface area contributed by atoms with Crippen molar-refractivity contribution in [3.63, 3.8) is 0 Å². The van der Waals surface area contributed by atoms with E-state index in [1.54, 1.807) is 17.4 Å². The standard InChI is InChI=1S/C22H29N5O3S2/c28-19-15-26(22(31)24-14-17-7-4-11-30-17)9-10-27(19)18(13-16-5-2-1-3-6-16)20(29)25-21-23-8-12-32-21/h4,7-8,11-12,16,18H,1-3,5-6,9-10,13-15H2,(H,24,31)(H,23,25,29). The molecule has 10 heteroatoms. The smallest absolute Gasteiger partial charge is 0.248 e. The van der Waals surface area contributed by atoms with Crippen molar-refractivity contribution < 1.29 is 14.0 Å². The Labute approximate surface area is 197 Å². The van der Waals surface area contributed by atoms with Gasteiger partial charge in [-0.15, -0.1) is 11.3 Å². The van der Waals surface area contributed by atoms with Gasteiger partial charge in [0.05, 0.1) is 19.4 Å². The predicted molar refractivity (Wildman–Crippen MR) is 127 cm³/mol. The average Bonchev–Trinajstić information content (AvgIpc) is 3.51. The summed E-state index contributed by atoms with van der Waals surface area (Å²) in [5.74, 6) is 1.03. The minimum Gasteiger partial charge on any atom is -0.467 e. The molecular weight excluding hydrogens is 446 g/mol. The van der Waals surface area contributed by atoms with Crippen molar-refractivity contribution in [1.29, 1.82) is 0 Å². The molecule has 2 fully saturated rings. The van der Waals surface area contributed by atoms with Crippen LogP contribution in [0.5, 0.6) is 0 Å². The van der Waals surface area contributed by atoms with Crippen molar-refractivity contribution in [2.24, 2.45) is 5.92 Å². The minimum atomic E-state index is -0.485. The zero-order valence-electron chi connectivity index (χ0n) is 18.0. The van der Waals surface area contributed by atoms with Gasteiger partial charge in [-0.1, -0.05) is 32.1 Å². The number of anilines is 1. The average molecular weight is 476 g/mol. The van der Waals surface area contributed by atoms with E-state index in [0.29, 0.717) is 42.2 Å². The number of piperazine rings is 1. The number of rotatable bonds is 7. The third-order valence-electron chi connectivity index (χ3n) is 6.16. The fourth-order valence-corrected chi connectivity index (χ4v) is 5.23. The van der Waals surface area contributed by atoms with Gasteiger partial charge in [0.2, 0.25) is 11.8 Å². The highest BCUT2D eigenvalue weighted by Gasteiger charge is 2.36. The van der Waals surface area contributed by atoms with Gasteiger partial charge in [0.1, 0.15) is 11.8 Å². The quantitative estimate of drug-likeness (QED) is 0.594. The van der Waals surface area contributed by atoms with Crippen molar-refractivity contribution in [3.8, 4) is 0 Å². The van der Waals surface area contributed by atoms with Crippen LogP contribution in [0.25, 0.3) is 0 Å². The number of hydrogen-bond donors (Lipinski definition) is 2. The highest BCUT2D eigenvalue weighted by atomic mass is 32.1. The number of hydrogen-bond acceptors (Lipinski definition) is 6. The topological polar surface area (TPSA) is 90.7 Å². The van der Waals surface area contributed by atoms with Gasteiger partial charge >= 0.3 is 0 Å². The van der Waals surface area contributed by atoms with Crippen molar-refractivity contribution in [2.45, 2.75) is 51.1 Å². The Hall–Kier alpha value is -2.46. The Morgan fingerprint density at radius 2 is 2.16 bits per heavy atom. The number of nitrogens with zero attached hydrogens (tertiary/aromatic N) is 3. The number of nitrogens with one attached hydrogen (secondary N) is 2. The van der Waals surface area contributed by atoms with Gasteiger partial charge < -0.3 is 24.9 Å². The summed E-state index contributed by atoms with van der Waals surface area (Å²) < 4.78 is 5.32. The van der Waals surface area contributed by atoms with E-state index in [9.17, 15) is 9.59 Å². The third kappa shape index (κ3) is 5.86. The van der Waals surface area contributed by atoms with E-state index in [4.69, 9.17) is 16.6 Å². The van der Waals surface area contributed by atoms with Crippen LogP contribution in [0.2, 0.25) is 0 Å². The van der Waals surface area contributed by atoms with E-state index in [2.05, 4.69) is 15.6 Å². The SMILES string of the molecule is O=C(Nc1nccs1)C(CC1CCCCC1)N1CCN(C(=S)NCc2ccco2)CC1=O. The first-order chi connectivity index (χ1) is 15.6. The lowest BCUT2D eigenvalue weighted by Crippen LogP contribution is -2.59. The summed E-state index contributed by atoms with van der Waals surface area (Å²) >= 11 is 6.86. The molecule has 0 bridgehead atoms. The van der Waals surface area contributed by atoms with Crippen LogP contribution in [0.15, 0.2) is 34.4 Å². The van der Waals surface area contributed by atoms with E-state index in [1.165, 1.54) is 30.6 Å². The van der Waals surface area contributed by atoms with Crippen LogP contribution in [0.1, 0.15) is 44.3 Å². The van der Waals surface area contributed by atoms with Crippen molar-refractivity contribution in [3.05, 3.63) is 35.7 Å². The Morgan fingerprint density at radius 3 is 2.84 bits per heavy atom. The first kappa shape index (κ1) is 22.7. The molecule has 1 saturated carbocycles. The summed E-state index contributed by atoms with van der Waals surface area (Å²) in [6.45, 7) is 1.68. The zero-order chi connectivity index (χ0) is 22.3. The largest absolute Gasteiger partial charge is 0.467 e. The summed E-state index contributed by atoms with van der Waals surface area (Å²) in [7, 11) is 0. The lowest BCUT2D eigenvalue weighted by molar-refractivity contribution is -0.142. The highest BCUT2D eigenvalue weighted by molar-refractivity contribution is 7.80. The molecule has 0 aromatic carbocycles. The number of amides is 2. The van der Waals surface area contributed by atoms with Gasteiger partial charge in [0.15, 0.2) is 10.2 Å². The summed E-state index contributed by atoms with van der Waals surface area (Å²) in [6.07, 6.45) is 9.87. The molecule has 2 amide bonds. The molecule has 1 aliphatic carbocycles. The van der Waals surface area contributed by atoms with Gasteiger partial charge in [0.25, 0.3) is 0 Å². The third-order valence-corrected chi connectivity index (χ3v) is 7.25. The molecule has 32 heavy (non-hydrogen) atoms. The Morgan fingerprint density at radius 1 is 1.31 bits per heavy atom. The highest BCUT2D eigenvalue weighted by Crippen LogP contribution is 2.29. The number of furan rings is 1. The molecule has 2 aromatic rings. The van der Waals surface area contributed by atoms with E-state index in [-0.39, 0.29) is 18.4 Å². The number of thiazole rings is 1. The monoisotopic (exact) mass is 475 g/mol. The summed E-state index contributed by atoms with van der Waals surface area (Å²) in [4.78, 5) is 34.1. The molecule has 2 aliphatic rings.